The number of amides is 1. The van der Waals surface area contributed by atoms with Gasteiger partial charge in [0, 0.05) is 5.69 Å². The zero-order chi connectivity index (χ0) is 15.3. The van der Waals surface area contributed by atoms with Crippen LogP contribution in [0.4, 0.5) is 5.69 Å². The third-order valence-corrected chi connectivity index (χ3v) is 4.25. The number of alkyl halides is 1. The van der Waals surface area contributed by atoms with Crippen LogP contribution < -0.4 is 10.0 Å². The average molecular weight is 329 g/mol. The minimum Gasteiger partial charge on any atom is -0.468 e. The number of furan rings is 1. The zero-order valence-electron chi connectivity index (χ0n) is 10.9. The summed E-state index contributed by atoms with van der Waals surface area (Å²) >= 11 is 5.37. The van der Waals surface area contributed by atoms with E-state index in [9.17, 15) is 13.2 Å². The van der Waals surface area contributed by atoms with Crippen LogP contribution in [0.5, 0.6) is 0 Å². The highest BCUT2D eigenvalue weighted by molar-refractivity contribution is 7.89. The Labute approximate surface area is 127 Å². The molecule has 1 amide bonds. The van der Waals surface area contributed by atoms with Gasteiger partial charge in [0.2, 0.25) is 15.9 Å². The lowest BCUT2D eigenvalue weighted by Gasteiger charge is -2.07. The van der Waals surface area contributed by atoms with Crippen LogP contribution in [0.2, 0.25) is 0 Å². The largest absolute Gasteiger partial charge is 0.468 e. The van der Waals surface area contributed by atoms with E-state index in [0.29, 0.717) is 11.4 Å². The first kappa shape index (κ1) is 15.6. The Bertz CT molecular complexity index is 696. The first-order valence-corrected chi connectivity index (χ1v) is 8.01. The van der Waals surface area contributed by atoms with E-state index in [4.69, 9.17) is 16.0 Å². The quantitative estimate of drug-likeness (QED) is 0.793. The van der Waals surface area contributed by atoms with Crippen LogP contribution in [0, 0.1) is 0 Å². The monoisotopic (exact) mass is 328 g/mol. The van der Waals surface area contributed by atoms with Crippen molar-refractivity contribution in [3.8, 4) is 0 Å². The highest BCUT2D eigenvalue weighted by Gasteiger charge is 2.14. The number of rotatable bonds is 6. The van der Waals surface area contributed by atoms with Crippen molar-refractivity contribution in [1.29, 1.82) is 0 Å². The van der Waals surface area contributed by atoms with Gasteiger partial charge in [0.1, 0.15) is 11.6 Å². The van der Waals surface area contributed by atoms with Gasteiger partial charge >= 0.3 is 0 Å². The van der Waals surface area contributed by atoms with Crippen molar-refractivity contribution in [2.75, 3.05) is 11.2 Å². The Balaban J connectivity index is 2.04. The molecule has 0 unspecified atom stereocenters. The predicted molar refractivity (Wildman–Crippen MR) is 78.5 cm³/mol. The molecule has 0 fully saturated rings. The Kier molecular flexibility index (Phi) is 5.00. The molecular weight excluding hydrogens is 316 g/mol. The Morgan fingerprint density at radius 1 is 1.19 bits per heavy atom. The minimum atomic E-state index is -3.64. The van der Waals surface area contributed by atoms with Gasteiger partial charge in [0.05, 0.1) is 17.7 Å². The van der Waals surface area contributed by atoms with Gasteiger partial charge in [0.25, 0.3) is 0 Å². The van der Waals surface area contributed by atoms with Crippen LogP contribution in [0.25, 0.3) is 0 Å². The standard InChI is InChI=1S/C13H13ClN2O4S/c14-8-13(17)16-10-3-5-12(6-4-10)21(18,19)15-9-11-2-1-7-20-11/h1-7,15H,8-9H2,(H,16,17). The second-order valence-electron chi connectivity index (χ2n) is 4.11. The lowest BCUT2D eigenvalue weighted by atomic mass is 10.3. The van der Waals surface area contributed by atoms with Crippen LogP contribution in [-0.2, 0) is 21.4 Å². The van der Waals surface area contributed by atoms with Gasteiger partial charge in [-0.25, -0.2) is 13.1 Å². The van der Waals surface area contributed by atoms with E-state index in [2.05, 4.69) is 10.0 Å². The van der Waals surface area contributed by atoms with Gasteiger partial charge in [-0.05, 0) is 36.4 Å². The van der Waals surface area contributed by atoms with Gasteiger partial charge in [-0.3, -0.25) is 4.79 Å². The maximum absolute atomic E-state index is 12.1. The summed E-state index contributed by atoms with van der Waals surface area (Å²) < 4.78 is 31.6. The lowest BCUT2D eigenvalue weighted by molar-refractivity contribution is -0.113. The lowest BCUT2D eigenvalue weighted by Crippen LogP contribution is -2.23. The van der Waals surface area contributed by atoms with E-state index >= 15 is 0 Å². The van der Waals surface area contributed by atoms with E-state index < -0.39 is 10.0 Å². The molecule has 0 radical (unpaired) electrons. The van der Waals surface area contributed by atoms with Gasteiger partial charge < -0.3 is 9.73 Å². The molecule has 21 heavy (non-hydrogen) atoms. The molecule has 2 N–H and O–H groups in total. The van der Waals surface area contributed by atoms with Crippen LogP contribution in [0.1, 0.15) is 5.76 Å². The van der Waals surface area contributed by atoms with Crippen molar-refractivity contribution >= 4 is 33.2 Å². The van der Waals surface area contributed by atoms with Crippen molar-refractivity contribution in [1.82, 2.24) is 4.72 Å². The second kappa shape index (κ2) is 6.75. The molecule has 0 saturated carbocycles. The van der Waals surface area contributed by atoms with Gasteiger partial charge in [0.15, 0.2) is 0 Å². The maximum atomic E-state index is 12.1. The molecule has 6 nitrogen and oxygen atoms in total. The van der Waals surface area contributed by atoms with E-state index in [1.807, 2.05) is 0 Å². The molecule has 1 heterocycles. The fourth-order valence-electron chi connectivity index (χ4n) is 1.57. The van der Waals surface area contributed by atoms with Crippen molar-refractivity contribution in [3.63, 3.8) is 0 Å². The fourth-order valence-corrected chi connectivity index (χ4v) is 2.63. The molecule has 2 aromatic rings. The van der Waals surface area contributed by atoms with Crippen LogP contribution in [0.15, 0.2) is 52.0 Å². The van der Waals surface area contributed by atoms with Gasteiger partial charge in [-0.2, -0.15) is 0 Å². The Morgan fingerprint density at radius 2 is 1.90 bits per heavy atom. The molecule has 112 valence electrons. The van der Waals surface area contributed by atoms with E-state index in [-0.39, 0.29) is 23.2 Å². The molecule has 0 saturated heterocycles. The van der Waals surface area contributed by atoms with Crippen molar-refractivity contribution < 1.29 is 17.6 Å². The minimum absolute atomic E-state index is 0.0695. The van der Waals surface area contributed by atoms with E-state index in [0.717, 1.165) is 0 Å². The number of hydrogen-bond donors (Lipinski definition) is 2. The normalized spacial score (nSPS) is 11.3. The summed E-state index contributed by atoms with van der Waals surface area (Å²) in [7, 11) is -3.64. The van der Waals surface area contributed by atoms with E-state index in [1.54, 1.807) is 12.1 Å². The third kappa shape index (κ3) is 4.32. The zero-order valence-corrected chi connectivity index (χ0v) is 12.4. The molecule has 2 rings (SSSR count). The topological polar surface area (TPSA) is 88.4 Å². The van der Waals surface area contributed by atoms with Gasteiger partial charge in [-0.1, -0.05) is 0 Å². The van der Waals surface area contributed by atoms with E-state index in [1.165, 1.54) is 30.5 Å². The molecule has 0 aliphatic carbocycles. The highest BCUT2D eigenvalue weighted by Crippen LogP contribution is 2.14. The molecule has 0 spiro atoms. The van der Waals surface area contributed by atoms with Crippen molar-refractivity contribution in [2.24, 2.45) is 0 Å². The van der Waals surface area contributed by atoms with Crippen LogP contribution in [0.3, 0.4) is 0 Å². The summed E-state index contributed by atoms with van der Waals surface area (Å²) in [4.78, 5) is 11.2. The molecule has 1 aromatic heterocycles. The molecule has 0 aliphatic rings. The first-order chi connectivity index (χ1) is 10.0. The first-order valence-electron chi connectivity index (χ1n) is 5.99. The number of halogens is 1. The Morgan fingerprint density at radius 3 is 2.48 bits per heavy atom. The molecular formula is C13H13ClN2O4S. The number of carbonyl (C=O) groups is 1. The summed E-state index contributed by atoms with van der Waals surface area (Å²) in [6.07, 6.45) is 1.47. The average Bonchev–Trinajstić information content (AvgIpc) is 2.99. The van der Waals surface area contributed by atoms with Gasteiger partial charge in [-0.15, -0.1) is 11.6 Å². The molecule has 0 atom stereocenters. The third-order valence-electron chi connectivity index (χ3n) is 2.59. The Hall–Kier alpha value is -1.83. The molecule has 0 aliphatic heterocycles. The number of sulfonamides is 1. The number of nitrogens with one attached hydrogen (secondary N) is 2. The molecule has 0 bridgehead atoms. The summed E-state index contributed by atoms with van der Waals surface area (Å²) in [5.41, 5.74) is 0.477. The summed E-state index contributed by atoms with van der Waals surface area (Å²) in [5.74, 6) is -0.00196. The fraction of sp³-hybridized carbons (Fsp3) is 0.154. The molecule has 1 aromatic carbocycles. The highest BCUT2D eigenvalue weighted by atomic mass is 35.5. The molecule has 8 heteroatoms. The van der Waals surface area contributed by atoms with Crippen LogP contribution in [-0.4, -0.2) is 20.2 Å². The summed E-state index contributed by atoms with van der Waals surface area (Å²) in [6.45, 7) is 0.0695. The van der Waals surface area contributed by atoms with Crippen molar-refractivity contribution in [3.05, 3.63) is 48.4 Å². The SMILES string of the molecule is O=C(CCl)Nc1ccc(S(=O)(=O)NCc2ccco2)cc1. The predicted octanol–water partition coefficient (Wildman–Crippen LogP) is 1.94. The second-order valence-corrected chi connectivity index (χ2v) is 6.14. The summed E-state index contributed by atoms with van der Waals surface area (Å²) in [6, 6.07) is 9.13. The number of carbonyl (C=O) groups excluding carboxylic acids is 1. The number of anilines is 1. The van der Waals surface area contributed by atoms with Crippen LogP contribution >= 0.6 is 11.6 Å². The number of hydrogen-bond acceptors (Lipinski definition) is 4. The summed E-state index contributed by atoms with van der Waals surface area (Å²) in [5, 5.41) is 2.52. The smallest absolute Gasteiger partial charge is 0.240 e. The maximum Gasteiger partial charge on any atom is 0.240 e. The number of benzene rings is 1. The van der Waals surface area contributed by atoms with Crippen molar-refractivity contribution in [2.45, 2.75) is 11.4 Å².